The minimum atomic E-state index is 0.0240. The number of benzene rings is 2. The van der Waals surface area contributed by atoms with Gasteiger partial charge in [-0.25, -0.2) is 4.98 Å². The van der Waals surface area contributed by atoms with E-state index in [-0.39, 0.29) is 24.6 Å². The fourth-order valence-electron chi connectivity index (χ4n) is 3.74. The van der Waals surface area contributed by atoms with Crippen molar-refractivity contribution in [1.82, 2.24) is 9.55 Å². The smallest absolute Gasteiger partial charge is 0.203 e. The summed E-state index contributed by atoms with van der Waals surface area (Å²) in [5.41, 5.74) is 3.60. The van der Waals surface area contributed by atoms with E-state index in [2.05, 4.69) is 58.2 Å². The first-order valence-corrected chi connectivity index (χ1v) is 8.29. The second kappa shape index (κ2) is 6.13. The first kappa shape index (κ1) is 15.0. The fourth-order valence-corrected chi connectivity index (χ4v) is 3.74. The molecule has 3 aromatic rings. The number of imidazole rings is 1. The molecule has 2 heterocycles. The van der Waals surface area contributed by atoms with Crippen molar-refractivity contribution in [2.45, 2.75) is 19.0 Å². The molecule has 1 aliphatic rings. The van der Waals surface area contributed by atoms with Gasteiger partial charge in [-0.2, -0.15) is 0 Å². The zero-order chi connectivity index (χ0) is 16.5. The molecule has 0 bridgehead atoms. The summed E-state index contributed by atoms with van der Waals surface area (Å²) in [5.74, 6) is 0.871. The van der Waals surface area contributed by atoms with Gasteiger partial charge >= 0.3 is 0 Å². The predicted molar refractivity (Wildman–Crippen MR) is 94.9 cm³/mol. The molecule has 0 amide bonds. The highest BCUT2D eigenvalue weighted by Crippen LogP contribution is 2.42. The van der Waals surface area contributed by atoms with Gasteiger partial charge in [0, 0.05) is 18.3 Å². The molecule has 1 aromatic heterocycles. The molecule has 0 fully saturated rings. The number of aryl methyl sites for hydroxylation is 1. The molecule has 1 aliphatic heterocycles. The van der Waals surface area contributed by atoms with Gasteiger partial charge in [0.15, 0.2) is 0 Å². The van der Waals surface area contributed by atoms with Crippen molar-refractivity contribution in [3.63, 3.8) is 0 Å². The monoisotopic (exact) mass is 319 g/mol. The van der Waals surface area contributed by atoms with Gasteiger partial charge in [0.1, 0.15) is 0 Å². The molecule has 2 N–H and O–H groups in total. The average Bonchev–Trinajstić information content (AvgIpc) is 3.09. The number of rotatable bonds is 3. The summed E-state index contributed by atoms with van der Waals surface area (Å²) in [7, 11) is 0. The molecule has 0 unspecified atom stereocenters. The van der Waals surface area contributed by atoms with E-state index in [4.69, 9.17) is 0 Å². The second-order valence-corrected chi connectivity index (χ2v) is 6.40. The largest absolute Gasteiger partial charge is 0.396 e. The molecule has 0 saturated carbocycles. The Bertz CT molecular complexity index is 828. The molecule has 4 heteroatoms. The van der Waals surface area contributed by atoms with Crippen molar-refractivity contribution in [2.75, 3.05) is 11.9 Å². The van der Waals surface area contributed by atoms with Crippen LogP contribution in [-0.4, -0.2) is 21.3 Å². The highest BCUT2D eigenvalue weighted by Gasteiger charge is 2.38. The minimum absolute atomic E-state index is 0.0240. The number of anilines is 1. The Balaban J connectivity index is 1.84. The number of hydrogen-bond donors (Lipinski definition) is 2. The number of fused-ring (bicyclic) bond motifs is 1. The van der Waals surface area contributed by atoms with Gasteiger partial charge in [-0.05, 0) is 18.1 Å². The Morgan fingerprint density at radius 2 is 1.88 bits per heavy atom. The first-order chi connectivity index (χ1) is 11.8. The van der Waals surface area contributed by atoms with Crippen LogP contribution in [-0.2, 0) is 0 Å². The topological polar surface area (TPSA) is 50.1 Å². The lowest BCUT2D eigenvalue weighted by Crippen LogP contribution is -2.38. The number of hydrogen-bond acceptors (Lipinski definition) is 3. The van der Waals surface area contributed by atoms with Crippen LogP contribution in [0.5, 0.6) is 0 Å². The summed E-state index contributed by atoms with van der Waals surface area (Å²) in [5, 5.41) is 13.7. The lowest BCUT2D eigenvalue weighted by atomic mass is 9.82. The highest BCUT2D eigenvalue weighted by atomic mass is 16.3. The van der Waals surface area contributed by atoms with E-state index in [9.17, 15) is 5.11 Å². The minimum Gasteiger partial charge on any atom is -0.396 e. The van der Waals surface area contributed by atoms with Crippen LogP contribution >= 0.6 is 0 Å². The van der Waals surface area contributed by atoms with Crippen LogP contribution in [0.2, 0.25) is 0 Å². The molecule has 0 aliphatic carbocycles. The first-order valence-electron chi connectivity index (χ1n) is 8.29. The number of nitrogens with zero attached hydrogens (tertiary/aromatic N) is 2. The molecule has 4 rings (SSSR count). The van der Waals surface area contributed by atoms with E-state index in [0.29, 0.717) is 0 Å². The molecule has 2 aromatic carbocycles. The molecule has 0 saturated heterocycles. The van der Waals surface area contributed by atoms with E-state index >= 15 is 0 Å². The zero-order valence-electron chi connectivity index (χ0n) is 13.6. The van der Waals surface area contributed by atoms with Crippen LogP contribution < -0.4 is 5.32 Å². The van der Waals surface area contributed by atoms with Crippen molar-refractivity contribution in [3.8, 4) is 0 Å². The van der Waals surface area contributed by atoms with Crippen molar-refractivity contribution < 1.29 is 5.11 Å². The standard InChI is InChI=1S/C20H21N3O/c1-14-6-5-9-16(12-14)19-17(13-24)18(15-7-3-2-4-8-15)22-20-21-10-11-23(19)20/h2-12,17-19,24H,13H2,1H3,(H,21,22)/t17-,18-,19+/m0/s1. The quantitative estimate of drug-likeness (QED) is 0.776. The lowest BCUT2D eigenvalue weighted by Gasteiger charge is -2.40. The van der Waals surface area contributed by atoms with Crippen LogP contribution in [0.1, 0.15) is 28.8 Å². The van der Waals surface area contributed by atoms with E-state index in [0.717, 1.165) is 5.95 Å². The molecular formula is C20H21N3O. The van der Waals surface area contributed by atoms with Gasteiger partial charge in [0.25, 0.3) is 0 Å². The lowest BCUT2D eigenvalue weighted by molar-refractivity contribution is 0.166. The maximum atomic E-state index is 10.2. The van der Waals surface area contributed by atoms with Gasteiger partial charge in [-0.1, -0.05) is 60.2 Å². The van der Waals surface area contributed by atoms with Crippen molar-refractivity contribution in [1.29, 1.82) is 0 Å². The normalized spacial score (nSPS) is 22.7. The Kier molecular flexibility index (Phi) is 3.82. The summed E-state index contributed by atoms with van der Waals surface area (Å²) in [6.07, 6.45) is 3.80. The van der Waals surface area contributed by atoms with E-state index in [1.807, 2.05) is 30.6 Å². The van der Waals surface area contributed by atoms with E-state index in [1.54, 1.807) is 0 Å². The summed E-state index contributed by atoms with van der Waals surface area (Å²) < 4.78 is 2.13. The molecule has 0 radical (unpaired) electrons. The molecule has 0 spiro atoms. The third-order valence-corrected chi connectivity index (χ3v) is 4.84. The summed E-state index contributed by atoms with van der Waals surface area (Å²) in [6.45, 7) is 2.20. The molecule has 122 valence electrons. The van der Waals surface area contributed by atoms with Gasteiger partial charge < -0.3 is 15.0 Å². The molecule has 3 atom stereocenters. The Morgan fingerprint density at radius 3 is 2.62 bits per heavy atom. The van der Waals surface area contributed by atoms with E-state index in [1.165, 1.54) is 16.7 Å². The number of aliphatic hydroxyl groups excluding tert-OH is 1. The Hall–Kier alpha value is -2.59. The highest BCUT2D eigenvalue weighted by molar-refractivity contribution is 5.41. The Labute approximate surface area is 141 Å². The third kappa shape index (κ3) is 2.49. The number of nitrogens with one attached hydrogen (secondary N) is 1. The van der Waals surface area contributed by atoms with Crippen LogP contribution in [0.25, 0.3) is 0 Å². The van der Waals surface area contributed by atoms with Gasteiger partial charge in [0.05, 0.1) is 18.7 Å². The summed E-state index contributed by atoms with van der Waals surface area (Å²) >= 11 is 0. The van der Waals surface area contributed by atoms with Crippen LogP contribution in [0, 0.1) is 12.8 Å². The second-order valence-electron chi connectivity index (χ2n) is 6.40. The van der Waals surface area contributed by atoms with Crippen molar-refractivity contribution in [3.05, 3.63) is 83.7 Å². The predicted octanol–water partition coefficient (Wildman–Crippen LogP) is 3.56. The third-order valence-electron chi connectivity index (χ3n) is 4.84. The molecular weight excluding hydrogens is 298 g/mol. The summed E-state index contributed by atoms with van der Waals surface area (Å²) in [6, 6.07) is 18.9. The van der Waals surface area contributed by atoms with Crippen LogP contribution in [0.15, 0.2) is 67.0 Å². The SMILES string of the molecule is Cc1cccc([C@@H]2[C@@H](CO)[C@H](c3ccccc3)Nc3nccn32)c1. The van der Waals surface area contributed by atoms with Crippen LogP contribution in [0.4, 0.5) is 5.95 Å². The van der Waals surface area contributed by atoms with Gasteiger partial charge in [0.2, 0.25) is 5.95 Å². The average molecular weight is 319 g/mol. The van der Waals surface area contributed by atoms with Crippen LogP contribution in [0.3, 0.4) is 0 Å². The van der Waals surface area contributed by atoms with E-state index < -0.39 is 0 Å². The number of aromatic nitrogens is 2. The summed E-state index contributed by atoms with van der Waals surface area (Å²) in [4.78, 5) is 4.47. The van der Waals surface area contributed by atoms with Gasteiger partial charge in [-0.15, -0.1) is 0 Å². The Morgan fingerprint density at radius 1 is 1.08 bits per heavy atom. The van der Waals surface area contributed by atoms with Crippen molar-refractivity contribution >= 4 is 5.95 Å². The van der Waals surface area contributed by atoms with Crippen molar-refractivity contribution in [2.24, 2.45) is 5.92 Å². The molecule has 4 nitrogen and oxygen atoms in total. The van der Waals surface area contributed by atoms with Gasteiger partial charge in [-0.3, -0.25) is 0 Å². The zero-order valence-corrected chi connectivity index (χ0v) is 13.6. The fraction of sp³-hybridized carbons (Fsp3) is 0.250. The number of aliphatic hydroxyl groups is 1. The maximum absolute atomic E-state index is 10.2. The maximum Gasteiger partial charge on any atom is 0.203 e. The molecule has 24 heavy (non-hydrogen) atoms.